The average molecular weight is 435 g/mol. The van der Waals surface area contributed by atoms with Gasteiger partial charge in [-0.1, -0.05) is 6.42 Å². The van der Waals surface area contributed by atoms with E-state index in [2.05, 4.69) is 9.88 Å². The minimum Gasteiger partial charge on any atom is -0.462 e. The first-order valence-electron chi connectivity index (χ1n) is 10.8. The van der Waals surface area contributed by atoms with Gasteiger partial charge in [-0.05, 0) is 56.6 Å². The minimum atomic E-state index is -0.805. The van der Waals surface area contributed by atoms with Gasteiger partial charge >= 0.3 is 5.97 Å². The Morgan fingerprint density at radius 2 is 1.91 bits per heavy atom. The molecule has 2 aliphatic rings. The van der Waals surface area contributed by atoms with Crippen molar-refractivity contribution in [3.63, 3.8) is 0 Å². The zero-order valence-electron chi connectivity index (χ0n) is 17.5. The highest BCUT2D eigenvalue weighted by Gasteiger charge is 2.40. The molecule has 3 aromatic heterocycles. The van der Waals surface area contributed by atoms with Crippen LogP contribution >= 0.6 is 0 Å². The van der Waals surface area contributed by atoms with E-state index in [0.717, 1.165) is 19.6 Å². The van der Waals surface area contributed by atoms with Crippen LogP contribution < -0.4 is 0 Å². The number of rotatable bonds is 5. The third-order valence-electron chi connectivity index (χ3n) is 6.12. The van der Waals surface area contributed by atoms with Crippen LogP contribution in [0.4, 0.5) is 4.39 Å². The fourth-order valence-corrected chi connectivity index (χ4v) is 4.63. The molecule has 0 spiro atoms. The molecule has 8 heteroatoms. The lowest BCUT2D eigenvalue weighted by Gasteiger charge is -2.26. The lowest BCUT2D eigenvalue weighted by atomic mass is 9.89. The van der Waals surface area contributed by atoms with Gasteiger partial charge in [0.2, 0.25) is 5.78 Å². The second-order valence-corrected chi connectivity index (χ2v) is 8.12. The van der Waals surface area contributed by atoms with Crippen molar-refractivity contribution < 1.29 is 23.5 Å². The van der Waals surface area contributed by atoms with E-state index in [1.165, 1.54) is 54.3 Å². The smallest absolute Gasteiger partial charge is 0.341 e. The number of carbonyl (C=O) groups excluding carboxylic acids is 3. The molecule has 0 unspecified atom stereocenters. The number of carbonyl (C=O) groups is 3. The minimum absolute atomic E-state index is 0.00453. The number of ketones is 2. The Bertz CT molecular complexity index is 1240. The topological polar surface area (TPSA) is 81.0 Å². The summed E-state index contributed by atoms with van der Waals surface area (Å²) in [5, 5.41) is 0. The summed E-state index contributed by atoms with van der Waals surface area (Å²) >= 11 is 0. The van der Waals surface area contributed by atoms with Crippen LogP contribution in [-0.4, -0.2) is 58.1 Å². The quantitative estimate of drug-likeness (QED) is 0.354. The molecule has 0 N–H and O–H groups in total. The molecule has 0 radical (unpaired) electrons. The van der Waals surface area contributed by atoms with Crippen molar-refractivity contribution in [2.45, 2.75) is 25.7 Å². The number of hydrogen-bond acceptors (Lipinski definition) is 6. The zero-order chi connectivity index (χ0) is 22.2. The van der Waals surface area contributed by atoms with Crippen molar-refractivity contribution in [2.75, 3.05) is 26.2 Å². The van der Waals surface area contributed by atoms with Crippen molar-refractivity contribution >= 4 is 23.1 Å². The number of ether oxygens (including phenoxy) is 1. The largest absolute Gasteiger partial charge is 0.462 e. The van der Waals surface area contributed by atoms with Crippen molar-refractivity contribution in [1.29, 1.82) is 0 Å². The highest BCUT2D eigenvalue weighted by molar-refractivity contribution is 6.31. The van der Waals surface area contributed by atoms with Crippen LogP contribution in [0.15, 0.2) is 36.7 Å². The van der Waals surface area contributed by atoms with Gasteiger partial charge in [0.05, 0.1) is 23.3 Å². The predicted molar refractivity (Wildman–Crippen MR) is 114 cm³/mol. The van der Waals surface area contributed by atoms with E-state index in [1.54, 1.807) is 6.07 Å². The number of esters is 1. The second-order valence-electron chi connectivity index (χ2n) is 8.12. The summed E-state index contributed by atoms with van der Waals surface area (Å²) in [6.45, 7) is 3.05. The predicted octanol–water partition coefficient (Wildman–Crippen LogP) is 3.28. The molecule has 1 saturated heterocycles. The van der Waals surface area contributed by atoms with Gasteiger partial charge in [0.1, 0.15) is 22.8 Å². The van der Waals surface area contributed by atoms with Crippen molar-refractivity contribution in [2.24, 2.45) is 0 Å². The van der Waals surface area contributed by atoms with Crippen LogP contribution in [0, 0.1) is 5.82 Å². The van der Waals surface area contributed by atoms with E-state index in [-0.39, 0.29) is 40.2 Å². The molecule has 0 amide bonds. The molecule has 32 heavy (non-hydrogen) atoms. The zero-order valence-corrected chi connectivity index (χ0v) is 17.5. The molecule has 0 bridgehead atoms. The summed E-state index contributed by atoms with van der Waals surface area (Å²) in [6.07, 6.45) is 7.12. The van der Waals surface area contributed by atoms with E-state index < -0.39 is 23.4 Å². The maximum absolute atomic E-state index is 14.8. The van der Waals surface area contributed by atoms with Crippen molar-refractivity contribution in [3.05, 3.63) is 70.6 Å². The molecule has 0 aromatic carbocycles. The summed E-state index contributed by atoms with van der Waals surface area (Å²) in [6, 6.07) is 5.64. The number of halogens is 1. The molecular weight excluding hydrogens is 413 g/mol. The lowest BCUT2D eigenvalue weighted by Crippen LogP contribution is -2.31. The average Bonchev–Trinajstić information content (AvgIpc) is 3.18. The molecule has 0 saturated carbocycles. The van der Waals surface area contributed by atoms with Crippen molar-refractivity contribution in [3.8, 4) is 0 Å². The third kappa shape index (κ3) is 3.31. The van der Waals surface area contributed by atoms with Gasteiger partial charge in [0.15, 0.2) is 5.78 Å². The molecule has 164 valence electrons. The first-order valence-corrected chi connectivity index (χ1v) is 10.8. The van der Waals surface area contributed by atoms with Crippen LogP contribution in [0.5, 0.6) is 0 Å². The van der Waals surface area contributed by atoms with Gasteiger partial charge in [-0.25, -0.2) is 9.18 Å². The van der Waals surface area contributed by atoms with Crippen molar-refractivity contribution in [1.82, 2.24) is 14.3 Å². The fraction of sp³-hybridized carbons (Fsp3) is 0.333. The van der Waals surface area contributed by atoms with Gasteiger partial charge in [-0.15, -0.1) is 0 Å². The first-order chi connectivity index (χ1) is 15.6. The number of nitrogens with zero attached hydrogens (tertiary/aromatic N) is 3. The number of aromatic nitrogens is 2. The highest BCUT2D eigenvalue weighted by Crippen LogP contribution is 2.34. The van der Waals surface area contributed by atoms with Crippen LogP contribution in [0.3, 0.4) is 0 Å². The molecule has 1 aliphatic carbocycles. The Balaban J connectivity index is 1.48. The Morgan fingerprint density at radius 1 is 1.09 bits per heavy atom. The molecule has 5 rings (SSSR count). The van der Waals surface area contributed by atoms with Crippen LogP contribution in [0.25, 0.3) is 5.52 Å². The maximum Gasteiger partial charge on any atom is 0.341 e. The normalized spacial score (nSPS) is 16.2. The number of hydrogen-bond donors (Lipinski definition) is 0. The molecule has 0 atom stereocenters. The van der Waals surface area contributed by atoms with E-state index in [9.17, 15) is 18.8 Å². The summed E-state index contributed by atoms with van der Waals surface area (Å²) in [4.78, 5) is 45.8. The van der Waals surface area contributed by atoms with Gasteiger partial charge in [0, 0.05) is 18.9 Å². The summed E-state index contributed by atoms with van der Waals surface area (Å²) in [7, 11) is 0. The monoisotopic (exact) mass is 435 g/mol. The highest BCUT2D eigenvalue weighted by atomic mass is 19.1. The van der Waals surface area contributed by atoms with E-state index in [1.807, 2.05) is 0 Å². The van der Waals surface area contributed by atoms with Gasteiger partial charge in [-0.2, -0.15) is 0 Å². The van der Waals surface area contributed by atoms with E-state index in [4.69, 9.17) is 4.74 Å². The van der Waals surface area contributed by atoms with Crippen LogP contribution in [-0.2, 0) is 4.74 Å². The SMILES string of the molecule is O=C1c2cccnc2C(=O)c2c1c(C(=O)OCCCN1CCCCC1)c1c(F)cccn21. The number of piperidine rings is 1. The van der Waals surface area contributed by atoms with Gasteiger partial charge < -0.3 is 14.0 Å². The molecule has 7 nitrogen and oxygen atoms in total. The summed E-state index contributed by atoms with van der Waals surface area (Å²) < 4.78 is 21.5. The molecule has 1 fully saturated rings. The first kappa shape index (κ1) is 20.5. The fourth-order valence-electron chi connectivity index (χ4n) is 4.63. The molecule has 1 aliphatic heterocycles. The maximum atomic E-state index is 14.8. The molecule has 4 heterocycles. The third-order valence-corrected chi connectivity index (χ3v) is 6.12. The molecular formula is C24H22FN3O4. The summed E-state index contributed by atoms with van der Waals surface area (Å²) in [5.41, 5.74) is -0.426. The number of fused-ring (bicyclic) bond motifs is 4. The van der Waals surface area contributed by atoms with Gasteiger partial charge in [-0.3, -0.25) is 14.6 Å². The Labute approximate surface area is 183 Å². The standard InChI is InChI=1S/C24H22FN3O4/c25-16-8-5-13-28-20(16)18(24(31)32-14-6-12-27-10-2-1-3-11-27)17-21(28)23(30)19-15(22(17)29)7-4-9-26-19/h4-5,7-9,13H,1-3,6,10-12,14H2. The van der Waals surface area contributed by atoms with E-state index >= 15 is 0 Å². The van der Waals surface area contributed by atoms with Crippen LogP contribution in [0.2, 0.25) is 0 Å². The van der Waals surface area contributed by atoms with E-state index in [0.29, 0.717) is 6.42 Å². The second kappa shape index (κ2) is 8.27. The number of likely N-dealkylation sites (tertiary alicyclic amines) is 1. The van der Waals surface area contributed by atoms with Crippen LogP contribution in [0.1, 0.15) is 68.1 Å². The Kier molecular flexibility index (Phi) is 5.30. The number of pyridine rings is 2. The molecule has 3 aromatic rings. The Morgan fingerprint density at radius 3 is 2.72 bits per heavy atom. The summed E-state index contributed by atoms with van der Waals surface area (Å²) in [5.74, 6) is -2.58. The Hall–Kier alpha value is -3.39. The lowest BCUT2D eigenvalue weighted by molar-refractivity contribution is 0.0485. The van der Waals surface area contributed by atoms with Gasteiger partial charge in [0.25, 0.3) is 0 Å².